The molecule has 0 saturated carbocycles. The number of hydrogen-bond donors (Lipinski definition) is 4. The van der Waals surface area contributed by atoms with Crippen LogP contribution >= 0.6 is 11.3 Å². The van der Waals surface area contributed by atoms with Crippen LogP contribution in [-0.4, -0.2) is 118 Å². The van der Waals surface area contributed by atoms with Crippen LogP contribution < -0.4 is 15.6 Å². The summed E-state index contributed by atoms with van der Waals surface area (Å²) in [6.07, 6.45) is -4.04. The van der Waals surface area contributed by atoms with Gasteiger partial charge in [0.05, 0.1) is 58.8 Å². The molecule has 4 N–H and O–H groups in total. The third-order valence-corrected chi connectivity index (χ3v) is 11.8. The molecular formula is C43H55F4N7O8S. The van der Waals surface area contributed by atoms with E-state index in [9.17, 15) is 37.8 Å². The monoisotopic (exact) mass is 905 g/mol. The number of nitrogens with zero attached hydrogens (tertiary/aromatic N) is 5. The maximum Gasteiger partial charge on any atom is 0.408 e. The summed E-state index contributed by atoms with van der Waals surface area (Å²) in [7, 11) is 1.47. The van der Waals surface area contributed by atoms with Gasteiger partial charge in [-0.05, 0) is 76.1 Å². The maximum atomic E-state index is 16.6. The number of pyridine rings is 1. The van der Waals surface area contributed by atoms with Gasteiger partial charge in [-0.25, -0.2) is 19.6 Å². The minimum absolute atomic E-state index is 0.0283. The van der Waals surface area contributed by atoms with Gasteiger partial charge in [0.2, 0.25) is 0 Å². The number of carbonyl (C=O) groups is 3. The number of nitrogens with one attached hydrogen (secondary N) is 2. The zero-order valence-corrected chi connectivity index (χ0v) is 37.2. The van der Waals surface area contributed by atoms with Gasteiger partial charge in [0.1, 0.15) is 30.0 Å². The van der Waals surface area contributed by atoms with E-state index in [1.54, 1.807) is 59.2 Å². The molecule has 1 aromatic carbocycles. The molecule has 344 valence electrons. The third-order valence-electron chi connectivity index (χ3n) is 10.9. The highest BCUT2D eigenvalue weighted by Crippen LogP contribution is 2.44. The van der Waals surface area contributed by atoms with Crippen molar-refractivity contribution in [2.75, 3.05) is 51.5 Å². The van der Waals surface area contributed by atoms with Crippen molar-refractivity contribution in [2.45, 2.75) is 104 Å². The van der Waals surface area contributed by atoms with Gasteiger partial charge >= 0.3 is 18.2 Å². The number of carboxylic acids is 1. The number of hydrazine groups is 1. The Morgan fingerprint density at radius 3 is 2.43 bits per heavy atom. The van der Waals surface area contributed by atoms with Crippen LogP contribution in [0.1, 0.15) is 76.8 Å². The molecule has 5 heterocycles. The fraction of sp³-hybridized carbons (Fsp3) is 0.558. The van der Waals surface area contributed by atoms with Crippen molar-refractivity contribution in [3.05, 3.63) is 51.9 Å². The number of aliphatic hydroxyl groups excluding tert-OH is 1. The van der Waals surface area contributed by atoms with Crippen LogP contribution in [0.5, 0.6) is 0 Å². The number of carboxylic acid groups (broad SMARTS) is 1. The molecule has 0 spiro atoms. The number of ether oxygens (including phenoxy) is 3. The summed E-state index contributed by atoms with van der Waals surface area (Å²) in [5.41, 5.74) is 3.01. The molecule has 2 saturated heterocycles. The van der Waals surface area contributed by atoms with Gasteiger partial charge in [0, 0.05) is 61.7 Å². The van der Waals surface area contributed by atoms with E-state index < -0.39 is 65.7 Å². The lowest BCUT2D eigenvalue weighted by Crippen LogP contribution is -2.60. The minimum Gasteiger partial charge on any atom is -0.480 e. The Morgan fingerprint density at radius 2 is 1.79 bits per heavy atom. The summed E-state index contributed by atoms with van der Waals surface area (Å²) in [4.78, 5) is 50.0. The Kier molecular flexibility index (Phi) is 14.4. The number of thiazole rings is 1. The van der Waals surface area contributed by atoms with Crippen LogP contribution in [0, 0.1) is 11.2 Å². The second kappa shape index (κ2) is 19.1. The van der Waals surface area contributed by atoms with Crippen molar-refractivity contribution in [2.24, 2.45) is 5.41 Å². The molecule has 2 aliphatic heterocycles. The van der Waals surface area contributed by atoms with Gasteiger partial charge in [-0.15, -0.1) is 11.3 Å². The third kappa shape index (κ3) is 11.4. The molecular weight excluding hydrogens is 851 g/mol. The number of alkyl halides is 3. The van der Waals surface area contributed by atoms with E-state index >= 15 is 4.39 Å². The zero-order chi connectivity index (χ0) is 46.0. The normalized spacial score (nSPS) is 17.5. The molecule has 0 radical (unpaired) electrons. The van der Waals surface area contributed by atoms with E-state index in [0.29, 0.717) is 72.0 Å². The van der Waals surface area contributed by atoms with Crippen LogP contribution in [0.2, 0.25) is 0 Å². The van der Waals surface area contributed by atoms with Gasteiger partial charge < -0.3 is 39.2 Å². The van der Waals surface area contributed by atoms with Crippen molar-refractivity contribution >= 4 is 45.9 Å². The number of aliphatic carboxylic acids is 1. The molecule has 2 aliphatic rings. The topological polar surface area (TPSA) is 181 Å². The molecule has 0 unspecified atom stereocenters. The van der Waals surface area contributed by atoms with E-state index in [4.69, 9.17) is 19.2 Å². The van der Waals surface area contributed by atoms with Crippen molar-refractivity contribution in [1.82, 2.24) is 30.3 Å². The zero-order valence-electron chi connectivity index (χ0n) is 36.4. The Bertz CT molecular complexity index is 2300. The van der Waals surface area contributed by atoms with Crippen LogP contribution in [0.25, 0.3) is 33.4 Å². The second-order valence-corrected chi connectivity index (χ2v) is 18.6. The first kappa shape index (κ1) is 47.6. The number of aliphatic hydroxyl groups is 1. The number of anilines is 1. The summed E-state index contributed by atoms with van der Waals surface area (Å²) >= 11 is 1.07. The number of fused-ring (bicyclic) bond motifs is 1. The summed E-state index contributed by atoms with van der Waals surface area (Å²) in [6, 6.07) is 2.02. The number of carbonyl (C=O) groups excluding carboxylic acids is 2. The summed E-state index contributed by atoms with van der Waals surface area (Å²) in [6.45, 7) is 10.7. The minimum atomic E-state index is -4.73. The number of alkyl carbamates (subject to hydrolysis) is 1. The highest BCUT2D eigenvalue weighted by molar-refractivity contribution is 7.10. The van der Waals surface area contributed by atoms with Crippen LogP contribution in [0.4, 0.5) is 28.0 Å². The van der Waals surface area contributed by atoms with Crippen molar-refractivity contribution in [3.8, 4) is 22.5 Å². The molecule has 15 nitrogen and oxygen atoms in total. The molecule has 3 atom stereocenters. The molecule has 4 aromatic rings. The van der Waals surface area contributed by atoms with Crippen molar-refractivity contribution in [1.29, 1.82) is 0 Å². The number of methoxy groups -OCH3 is 1. The van der Waals surface area contributed by atoms with Gasteiger partial charge in [-0.1, -0.05) is 13.8 Å². The molecule has 20 heteroatoms. The van der Waals surface area contributed by atoms with Crippen LogP contribution in [-0.2, 0) is 43.2 Å². The van der Waals surface area contributed by atoms with E-state index in [1.165, 1.54) is 13.2 Å². The highest BCUT2D eigenvalue weighted by atomic mass is 32.1. The number of aromatic nitrogens is 3. The summed E-state index contributed by atoms with van der Waals surface area (Å²) in [5.74, 6) is -2.64. The lowest BCUT2D eigenvalue weighted by molar-refractivity contribution is -0.147. The molecule has 63 heavy (non-hydrogen) atoms. The van der Waals surface area contributed by atoms with Gasteiger partial charge in [-0.3, -0.25) is 19.6 Å². The number of benzene rings is 1. The van der Waals surface area contributed by atoms with Crippen LogP contribution in [0.3, 0.4) is 0 Å². The highest BCUT2D eigenvalue weighted by Gasteiger charge is 2.37. The Labute approximate surface area is 366 Å². The van der Waals surface area contributed by atoms with E-state index in [0.717, 1.165) is 27.0 Å². The quantitative estimate of drug-likeness (QED) is 0.0992. The standard InChI is InChI=1S/C43H55F4N7O8S/c1-24(60-7)36-28(15-25(20-48-36)52-11-13-61-14-12-52)37-29(19-42(5,6)23-55)26-16-27(30(44)17-34(26)53(37)22-43(45,46)47)33-21-63-35(49-33)18-32(50-40(59)62-41(2,3)4)38(56)54-10-8-9-31(51-54)39(57)58/h15-17,20-21,24,31-32,51,55H,8-14,18-19,22-23H2,1-7H3,(H,50,59)(H,57,58)/t24-,31-,32-/m0/s1. The Balaban J connectivity index is 1.48. The first-order valence-corrected chi connectivity index (χ1v) is 21.6. The lowest BCUT2D eigenvalue weighted by Gasteiger charge is -2.34. The fourth-order valence-corrected chi connectivity index (χ4v) is 8.59. The smallest absolute Gasteiger partial charge is 0.408 e. The number of rotatable bonds is 14. The van der Waals surface area contributed by atoms with E-state index in [-0.39, 0.29) is 48.5 Å². The largest absolute Gasteiger partial charge is 0.480 e. The first-order chi connectivity index (χ1) is 29.6. The first-order valence-electron chi connectivity index (χ1n) is 20.7. The summed E-state index contributed by atoms with van der Waals surface area (Å²) in [5, 5.41) is 26.0. The molecule has 3 aromatic heterocycles. The fourth-order valence-electron chi connectivity index (χ4n) is 7.75. The Morgan fingerprint density at radius 1 is 1.08 bits per heavy atom. The van der Waals surface area contributed by atoms with Crippen molar-refractivity contribution < 1.29 is 56.4 Å². The van der Waals surface area contributed by atoms with Crippen molar-refractivity contribution in [3.63, 3.8) is 0 Å². The van der Waals surface area contributed by atoms with E-state index in [2.05, 4.69) is 15.7 Å². The van der Waals surface area contributed by atoms with Gasteiger partial charge in [0.15, 0.2) is 0 Å². The second-order valence-electron chi connectivity index (χ2n) is 17.7. The average Bonchev–Trinajstić information content (AvgIpc) is 3.79. The predicted molar refractivity (Wildman–Crippen MR) is 228 cm³/mol. The SMILES string of the molecule is CO[C@@H](C)c1ncc(N2CCOCC2)cc1-c1c(CC(C)(C)CO)c2cc(-c3csc(C[C@H](NC(=O)OC(C)(C)C)C(=O)N4CCC[C@@H](C(=O)O)N4)n3)c(F)cc2n1CC(F)(F)F. The Hall–Kier alpha value is -4.89. The molecule has 0 aliphatic carbocycles. The molecule has 2 amide bonds. The number of hydrogen-bond acceptors (Lipinski definition) is 12. The molecule has 2 fully saturated rings. The molecule has 6 rings (SSSR count). The van der Waals surface area contributed by atoms with E-state index in [1.807, 2.05) is 4.90 Å². The molecule has 0 bridgehead atoms. The maximum absolute atomic E-state index is 16.6. The predicted octanol–water partition coefficient (Wildman–Crippen LogP) is 6.65. The number of morpholine rings is 1. The van der Waals surface area contributed by atoms with Crippen LogP contribution in [0.15, 0.2) is 29.8 Å². The number of amides is 2. The van der Waals surface area contributed by atoms with Gasteiger partial charge in [0.25, 0.3) is 5.91 Å². The van der Waals surface area contributed by atoms with Gasteiger partial charge in [-0.2, -0.15) is 13.2 Å². The number of halogens is 4. The average molecular weight is 906 g/mol. The lowest BCUT2D eigenvalue weighted by atomic mass is 9.84. The summed E-state index contributed by atoms with van der Waals surface area (Å²) < 4.78 is 78.4.